The van der Waals surface area contributed by atoms with Gasteiger partial charge in [0, 0.05) is 25.6 Å². The molecule has 2 atom stereocenters. The second-order valence-corrected chi connectivity index (χ2v) is 6.12. The summed E-state index contributed by atoms with van der Waals surface area (Å²) in [5, 5.41) is 8.25. The number of hydrogen-bond acceptors (Lipinski definition) is 3. The third kappa shape index (κ3) is 5.08. The molecule has 0 fully saturated rings. The van der Waals surface area contributed by atoms with Gasteiger partial charge in [0.1, 0.15) is 0 Å². The van der Waals surface area contributed by atoms with Crippen molar-refractivity contribution < 1.29 is 4.74 Å². The molecule has 1 N–H and O–H groups in total. The van der Waals surface area contributed by atoms with E-state index in [9.17, 15) is 0 Å². The van der Waals surface area contributed by atoms with Crippen LogP contribution in [0.1, 0.15) is 51.9 Å². The van der Waals surface area contributed by atoms with Crippen LogP contribution < -0.4 is 5.32 Å². The van der Waals surface area contributed by atoms with E-state index in [2.05, 4.69) is 58.7 Å². The molecule has 1 aromatic rings. The number of rotatable bonds is 10. The summed E-state index contributed by atoms with van der Waals surface area (Å²) in [6, 6.07) is 0.326. The van der Waals surface area contributed by atoms with Crippen LogP contribution in [0.4, 0.5) is 0 Å². The van der Waals surface area contributed by atoms with Gasteiger partial charge in [-0.3, -0.25) is 4.68 Å². The van der Waals surface area contributed by atoms with E-state index in [0.717, 1.165) is 49.1 Å². The minimum atomic E-state index is 0.244. The molecule has 0 amide bonds. The predicted molar refractivity (Wildman–Crippen MR) is 91.8 cm³/mol. The van der Waals surface area contributed by atoms with Gasteiger partial charge in [-0.1, -0.05) is 13.8 Å². The monoisotopic (exact) mass is 359 g/mol. The summed E-state index contributed by atoms with van der Waals surface area (Å²) in [4.78, 5) is 0. The molecule has 0 saturated heterocycles. The lowest BCUT2D eigenvalue weighted by Crippen LogP contribution is -2.43. The van der Waals surface area contributed by atoms with Gasteiger partial charge in [0.25, 0.3) is 0 Å². The van der Waals surface area contributed by atoms with E-state index in [1.54, 1.807) is 0 Å². The number of aromatic nitrogens is 2. The molecule has 5 heteroatoms. The maximum atomic E-state index is 5.94. The molecule has 0 bridgehead atoms. The van der Waals surface area contributed by atoms with E-state index >= 15 is 0 Å². The number of hydrogen-bond donors (Lipinski definition) is 1. The zero-order valence-electron chi connectivity index (χ0n) is 14.1. The van der Waals surface area contributed by atoms with Crippen molar-refractivity contribution in [1.29, 1.82) is 0 Å². The van der Waals surface area contributed by atoms with E-state index in [1.807, 2.05) is 6.92 Å². The highest BCUT2D eigenvalue weighted by Crippen LogP contribution is 2.24. The highest BCUT2D eigenvalue weighted by molar-refractivity contribution is 9.10. The topological polar surface area (TPSA) is 39.1 Å². The fourth-order valence-corrected chi connectivity index (χ4v) is 3.12. The number of nitrogens with one attached hydrogen (secondary N) is 1. The molecule has 4 nitrogen and oxygen atoms in total. The van der Waals surface area contributed by atoms with Crippen LogP contribution in [0, 0.1) is 6.92 Å². The maximum absolute atomic E-state index is 5.94. The number of aryl methyl sites for hydroxylation is 2. The van der Waals surface area contributed by atoms with Crippen LogP contribution in [0.2, 0.25) is 0 Å². The molecule has 0 aliphatic carbocycles. The lowest BCUT2D eigenvalue weighted by Gasteiger charge is -2.27. The minimum Gasteiger partial charge on any atom is -0.377 e. The highest BCUT2D eigenvalue weighted by atomic mass is 79.9. The largest absolute Gasteiger partial charge is 0.377 e. The molecular weight excluding hydrogens is 330 g/mol. The summed E-state index contributed by atoms with van der Waals surface area (Å²) in [5.41, 5.74) is 2.33. The molecule has 122 valence electrons. The van der Waals surface area contributed by atoms with Gasteiger partial charge in [0.15, 0.2) is 0 Å². The van der Waals surface area contributed by atoms with Gasteiger partial charge in [-0.05, 0) is 56.1 Å². The van der Waals surface area contributed by atoms with Crippen molar-refractivity contribution in [1.82, 2.24) is 15.1 Å². The molecule has 0 aromatic carbocycles. The molecule has 0 spiro atoms. The third-order valence-corrected chi connectivity index (χ3v) is 4.79. The van der Waals surface area contributed by atoms with Crippen LogP contribution >= 0.6 is 15.9 Å². The molecule has 2 unspecified atom stereocenters. The van der Waals surface area contributed by atoms with Gasteiger partial charge in [-0.2, -0.15) is 5.10 Å². The molecule has 1 rings (SSSR count). The van der Waals surface area contributed by atoms with Crippen LogP contribution in [0.3, 0.4) is 0 Å². The highest BCUT2D eigenvalue weighted by Gasteiger charge is 2.24. The molecule has 1 aromatic heterocycles. The number of ether oxygens (including phenoxy) is 1. The lowest BCUT2D eigenvalue weighted by molar-refractivity contribution is 0.0314. The summed E-state index contributed by atoms with van der Waals surface area (Å²) in [6.07, 6.45) is 3.33. The van der Waals surface area contributed by atoms with E-state index in [4.69, 9.17) is 4.74 Å². The van der Waals surface area contributed by atoms with E-state index < -0.39 is 0 Å². The summed E-state index contributed by atoms with van der Waals surface area (Å²) in [7, 11) is 0. The Kier molecular flexibility index (Phi) is 8.52. The Bertz CT molecular complexity index is 420. The van der Waals surface area contributed by atoms with Crippen LogP contribution in [-0.2, 0) is 17.7 Å². The van der Waals surface area contributed by atoms with Gasteiger partial charge >= 0.3 is 0 Å². The Balaban J connectivity index is 2.94. The Morgan fingerprint density at radius 2 is 2.00 bits per heavy atom. The zero-order valence-corrected chi connectivity index (χ0v) is 15.7. The molecule has 0 aliphatic rings. The average molecular weight is 360 g/mol. The van der Waals surface area contributed by atoms with Crippen molar-refractivity contribution >= 4 is 15.9 Å². The Morgan fingerprint density at radius 3 is 2.52 bits per heavy atom. The fraction of sp³-hybridized carbons (Fsp3) is 0.812. The van der Waals surface area contributed by atoms with E-state index in [-0.39, 0.29) is 6.10 Å². The standard InChI is InChI=1S/C16H30BrN3O/c1-6-10-18-13(15(7-2)21-9-4)11-14-16(17)12(5)19-20(14)8-3/h13,15,18H,6-11H2,1-5H3. The molecule has 0 radical (unpaired) electrons. The van der Waals surface area contributed by atoms with Crippen molar-refractivity contribution in [3.8, 4) is 0 Å². The summed E-state index contributed by atoms with van der Waals surface area (Å²) in [5.74, 6) is 0. The second-order valence-electron chi connectivity index (χ2n) is 5.33. The van der Waals surface area contributed by atoms with Crippen LogP contribution in [0.15, 0.2) is 4.47 Å². The van der Waals surface area contributed by atoms with Crippen LogP contribution in [0.25, 0.3) is 0 Å². The van der Waals surface area contributed by atoms with Crippen molar-refractivity contribution in [3.05, 3.63) is 15.9 Å². The SMILES string of the molecule is CCCNC(Cc1c(Br)c(C)nn1CC)C(CC)OCC. The Labute approximate surface area is 137 Å². The first kappa shape index (κ1) is 18.7. The second kappa shape index (κ2) is 9.59. The summed E-state index contributed by atoms with van der Waals surface area (Å²) < 4.78 is 9.17. The summed E-state index contributed by atoms with van der Waals surface area (Å²) in [6.45, 7) is 13.3. The average Bonchev–Trinajstić information content (AvgIpc) is 2.76. The van der Waals surface area contributed by atoms with Crippen LogP contribution in [0.5, 0.6) is 0 Å². The van der Waals surface area contributed by atoms with Gasteiger partial charge < -0.3 is 10.1 Å². The van der Waals surface area contributed by atoms with Crippen molar-refractivity contribution in [2.45, 2.75) is 72.6 Å². The first-order chi connectivity index (χ1) is 10.1. The fourth-order valence-electron chi connectivity index (χ4n) is 2.67. The molecule has 0 saturated carbocycles. The zero-order chi connectivity index (χ0) is 15.8. The smallest absolute Gasteiger partial charge is 0.0738 e. The van der Waals surface area contributed by atoms with Gasteiger partial charge in [0.2, 0.25) is 0 Å². The molecule has 0 aliphatic heterocycles. The maximum Gasteiger partial charge on any atom is 0.0738 e. The van der Waals surface area contributed by atoms with E-state index in [0.29, 0.717) is 6.04 Å². The molecule has 1 heterocycles. The quantitative estimate of drug-likeness (QED) is 0.692. The minimum absolute atomic E-state index is 0.244. The van der Waals surface area contributed by atoms with Gasteiger partial charge in [0.05, 0.1) is 22.0 Å². The number of nitrogens with zero attached hydrogens (tertiary/aromatic N) is 2. The Morgan fingerprint density at radius 1 is 1.29 bits per heavy atom. The van der Waals surface area contributed by atoms with Crippen molar-refractivity contribution in [2.75, 3.05) is 13.2 Å². The van der Waals surface area contributed by atoms with E-state index in [1.165, 1.54) is 5.69 Å². The Hall–Kier alpha value is -0.390. The summed E-state index contributed by atoms with van der Waals surface area (Å²) >= 11 is 3.70. The number of halogens is 1. The predicted octanol–water partition coefficient (Wildman–Crippen LogP) is 3.70. The first-order valence-corrected chi connectivity index (χ1v) is 8.94. The first-order valence-electron chi connectivity index (χ1n) is 8.15. The van der Waals surface area contributed by atoms with Gasteiger partial charge in [-0.25, -0.2) is 0 Å². The third-order valence-electron chi connectivity index (χ3n) is 3.75. The van der Waals surface area contributed by atoms with Gasteiger partial charge in [-0.15, -0.1) is 0 Å². The normalized spacial score (nSPS) is 14.4. The van der Waals surface area contributed by atoms with Crippen LogP contribution in [-0.4, -0.2) is 35.1 Å². The lowest BCUT2D eigenvalue weighted by atomic mass is 10.0. The van der Waals surface area contributed by atoms with Crippen molar-refractivity contribution in [3.63, 3.8) is 0 Å². The molecular formula is C16H30BrN3O. The van der Waals surface area contributed by atoms with Crippen molar-refractivity contribution in [2.24, 2.45) is 0 Å². The molecule has 21 heavy (non-hydrogen) atoms.